The summed E-state index contributed by atoms with van der Waals surface area (Å²) in [6.45, 7) is 3.25. The quantitative estimate of drug-likeness (QED) is 0.326. The second-order valence-corrected chi connectivity index (χ2v) is 7.92. The highest BCUT2D eigenvalue weighted by Gasteiger charge is 2.27. The van der Waals surface area contributed by atoms with Crippen molar-refractivity contribution < 1.29 is 31.9 Å². The summed E-state index contributed by atoms with van der Waals surface area (Å²) in [5.74, 6) is -8.83. The number of anilines is 1. The molecule has 34 heavy (non-hydrogen) atoms. The number of aromatic nitrogens is 1. The molecule has 6 nitrogen and oxygen atoms in total. The number of fused-ring (bicyclic) bond motifs is 2. The molecule has 0 bridgehead atoms. The molecule has 2 heterocycles. The number of para-hydroxylation sites is 1. The lowest BCUT2D eigenvalue weighted by Gasteiger charge is -2.29. The maximum Gasteiger partial charge on any atom is 0.339 e. The third-order valence-electron chi connectivity index (χ3n) is 5.58. The van der Waals surface area contributed by atoms with Crippen LogP contribution in [0.1, 0.15) is 35.0 Å². The van der Waals surface area contributed by atoms with Gasteiger partial charge >= 0.3 is 5.97 Å². The monoisotopic (exact) mass is 475 g/mol. The predicted molar refractivity (Wildman–Crippen MR) is 116 cm³/mol. The number of nitrogens with zero attached hydrogens (tertiary/aromatic N) is 2. The number of nitrogens with one attached hydrogen (secondary N) is 1. The molecule has 1 aliphatic rings. The third kappa shape index (κ3) is 4.58. The first-order valence-corrected chi connectivity index (χ1v) is 10.7. The van der Waals surface area contributed by atoms with E-state index in [1.54, 1.807) is 29.6 Å². The fourth-order valence-electron chi connectivity index (χ4n) is 4.05. The zero-order valence-electron chi connectivity index (χ0n) is 18.3. The molecule has 0 spiro atoms. The normalized spacial score (nSPS) is 13.6. The van der Waals surface area contributed by atoms with Crippen LogP contribution in [0.25, 0.3) is 10.9 Å². The molecule has 2 aromatic carbocycles. The Kier molecular flexibility index (Phi) is 6.78. The maximum absolute atomic E-state index is 13.8. The third-order valence-corrected chi connectivity index (χ3v) is 5.58. The Balaban J connectivity index is 1.58. The van der Waals surface area contributed by atoms with Gasteiger partial charge in [0, 0.05) is 42.2 Å². The first kappa shape index (κ1) is 23.6. The fourth-order valence-corrected chi connectivity index (χ4v) is 4.05. The second-order valence-electron chi connectivity index (χ2n) is 7.92. The molecule has 1 N–H and O–H groups in total. The van der Waals surface area contributed by atoms with Crippen molar-refractivity contribution in [3.05, 3.63) is 70.4 Å². The molecular formula is C24H21F4N3O3. The van der Waals surface area contributed by atoms with E-state index in [0.29, 0.717) is 29.4 Å². The van der Waals surface area contributed by atoms with E-state index in [1.807, 2.05) is 0 Å². The molecule has 0 unspecified atom stereocenters. The first-order chi connectivity index (χ1) is 16.3. The van der Waals surface area contributed by atoms with E-state index in [0.717, 1.165) is 25.2 Å². The summed E-state index contributed by atoms with van der Waals surface area (Å²) in [5.41, 5.74) is 1.04. The van der Waals surface area contributed by atoms with Gasteiger partial charge in [-0.15, -0.1) is 0 Å². The Bertz CT molecular complexity index is 1260. The fraction of sp³-hybridized carbons (Fsp3) is 0.292. The molecule has 0 fully saturated rings. The van der Waals surface area contributed by atoms with Crippen LogP contribution >= 0.6 is 0 Å². The zero-order valence-corrected chi connectivity index (χ0v) is 18.3. The highest BCUT2D eigenvalue weighted by atomic mass is 19.2. The highest BCUT2D eigenvalue weighted by molar-refractivity contribution is 6.06. The molecule has 0 atom stereocenters. The van der Waals surface area contributed by atoms with Gasteiger partial charge in [-0.1, -0.05) is 25.1 Å². The van der Waals surface area contributed by atoms with Crippen LogP contribution in [0.4, 0.5) is 23.2 Å². The number of halogens is 4. The van der Waals surface area contributed by atoms with Gasteiger partial charge in [-0.05, 0) is 19.0 Å². The van der Waals surface area contributed by atoms with Crippen LogP contribution in [-0.2, 0) is 22.5 Å². The number of carbonyl (C=O) groups is 2. The lowest BCUT2D eigenvalue weighted by atomic mass is 9.95. The largest absolute Gasteiger partial charge is 0.452 e. The standard InChI is InChI=1S/C24H21F4N3O3/c1-2-8-31-9-7-18-14(11-31)20(13-5-3-4-6-17(13)29-18)24(33)34-12-19(32)30-23-21(27)15(25)10-16(26)22(23)28/h3-6,10H,2,7-9,11-12H2,1H3,(H,30,32). The van der Waals surface area contributed by atoms with Gasteiger partial charge in [0.25, 0.3) is 5.91 Å². The predicted octanol–water partition coefficient (Wildman–Crippen LogP) is 4.35. The Morgan fingerprint density at radius 1 is 1.12 bits per heavy atom. The van der Waals surface area contributed by atoms with Gasteiger partial charge in [-0.25, -0.2) is 22.4 Å². The maximum atomic E-state index is 13.8. The molecular weight excluding hydrogens is 454 g/mol. The molecule has 4 rings (SSSR count). The minimum Gasteiger partial charge on any atom is -0.452 e. The Labute approximate surface area is 192 Å². The van der Waals surface area contributed by atoms with E-state index >= 15 is 0 Å². The average Bonchev–Trinajstić information content (AvgIpc) is 2.82. The Morgan fingerprint density at radius 2 is 1.82 bits per heavy atom. The number of hydrogen-bond acceptors (Lipinski definition) is 5. The molecule has 3 aromatic rings. The minimum absolute atomic E-state index is 0.0277. The molecule has 0 saturated carbocycles. The number of ether oxygens (including phenoxy) is 1. The molecule has 1 aliphatic heterocycles. The van der Waals surface area contributed by atoms with E-state index in [-0.39, 0.29) is 11.6 Å². The Morgan fingerprint density at radius 3 is 2.53 bits per heavy atom. The highest BCUT2D eigenvalue weighted by Crippen LogP contribution is 2.29. The molecule has 0 radical (unpaired) electrons. The van der Waals surface area contributed by atoms with Crippen LogP contribution in [0, 0.1) is 23.3 Å². The van der Waals surface area contributed by atoms with E-state index in [9.17, 15) is 27.2 Å². The van der Waals surface area contributed by atoms with E-state index in [4.69, 9.17) is 4.74 Å². The van der Waals surface area contributed by atoms with E-state index < -0.39 is 47.4 Å². The van der Waals surface area contributed by atoms with Crippen molar-refractivity contribution in [2.45, 2.75) is 26.3 Å². The lowest BCUT2D eigenvalue weighted by molar-refractivity contribution is -0.119. The van der Waals surface area contributed by atoms with E-state index in [2.05, 4.69) is 16.8 Å². The number of benzene rings is 2. The van der Waals surface area contributed by atoms with Crippen LogP contribution in [0.2, 0.25) is 0 Å². The van der Waals surface area contributed by atoms with Crippen molar-refractivity contribution >= 4 is 28.5 Å². The van der Waals surface area contributed by atoms with Crippen molar-refractivity contribution in [2.75, 3.05) is 25.0 Å². The van der Waals surface area contributed by atoms with Gasteiger partial charge in [0.05, 0.1) is 11.1 Å². The number of esters is 1. The summed E-state index contributed by atoms with van der Waals surface area (Å²) in [5, 5.41) is 2.27. The number of amides is 1. The summed E-state index contributed by atoms with van der Waals surface area (Å²) >= 11 is 0. The minimum atomic E-state index is -1.76. The molecule has 0 aliphatic carbocycles. The van der Waals surface area contributed by atoms with Crippen molar-refractivity contribution in [1.29, 1.82) is 0 Å². The first-order valence-electron chi connectivity index (χ1n) is 10.7. The van der Waals surface area contributed by atoms with E-state index in [1.165, 1.54) is 0 Å². The van der Waals surface area contributed by atoms with Gasteiger partial charge in [0.15, 0.2) is 29.9 Å². The number of carbonyl (C=O) groups excluding carboxylic acids is 2. The van der Waals surface area contributed by atoms with Crippen LogP contribution in [-0.4, -0.2) is 41.5 Å². The molecule has 0 saturated heterocycles. The number of rotatable bonds is 6. The summed E-state index contributed by atoms with van der Waals surface area (Å²) in [6, 6.07) is 7.05. The summed E-state index contributed by atoms with van der Waals surface area (Å²) < 4.78 is 59.5. The second kappa shape index (κ2) is 9.76. The molecule has 1 aromatic heterocycles. The molecule has 1 amide bonds. The van der Waals surface area contributed by atoms with Crippen molar-refractivity contribution in [3.63, 3.8) is 0 Å². The van der Waals surface area contributed by atoms with Crippen LogP contribution in [0.5, 0.6) is 0 Å². The molecule has 178 valence electrons. The van der Waals surface area contributed by atoms with Gasteiger partial charge in [-0.3, -0.25) is 14.7 Å². The summed E-state index contributed by atoms with van der Waals surface area (Å²) in [6.07, 6.45) is 1.58. The van der Waals surface area contributed by atoms with Gasteiger partial charge in [0.2, 0.25) is 0 Å². The van der Waals surface area contributed by atoms with Gasteiger partial charge in [-0.2, -0.15) is 0 Å². The Hall–Kier alpha value is -3.53. The van der Waals surface area contributed by atoms with Gasteiger partial charge < -0.3 is 10.1 Å². The summed E-state index contributed by atoms with van der Waals surface area (Å²) in [4.78, 5) is 32.1. The topological polar surface area (TPSA) is 71.5 Å². The summed E-state index contributed by atoms with van der Waals surface area (Å²) in [7, 11) is 0. The SMILES string of the molecule is CCCN1CCc2nc3ccccc3c(C(=O)OCC(=O)Nc3c(F)c(F)cc(F)c3F)c2C1. The molecule has 10 heteroatoms. The van der Waals surface area contributed by atoms with Crippen molar-refractivity contribution in [3.8, 4) is 0 Å². The van der Waals surface area contributed by atoms with Crippen molar-refractivity contribution in [2.24, 2.45) is 0 Å². The lowest BCUT2D eigenvalue weighted by Crippen LogP contribution is -2.33. The zero-order chi connectivity index (χ0) is 24.4. The van der Waals surface area contributed by atoms with Crippen LogP contribution < -0.4 is 5.32 Å². The van der Waals surface area contributed by atoms with Crippen LogP contribution in [0.3, 0.4) is 0 Å². The van der Waals surface area contributed by atoms with Crippen molar-refractivity contribution in [1.82, 2.24) is 9.88 Å². The van der Waals surface area contributed by atoms with Gasteiger partial charge in [0.1, 0.15) is 5.69 Å². The smallest absolute Gasteiger partial charge is 0.339 e. The average molecular weight is 475 g/mol. The number of hydrogen-bond donors (Lipinski definition) is 1. The van der Waals surface area contributed by atoms with Crippen LogP contribution in [0.15, 0.2) is 30.3 Å². The number of pyridine rings is 1.